The first-order valence-electron chi connectivity index (χ1n) is 4.75. The summed E-state index contributed by atoms with van der Waals surface area (Å²) in [6.07, 6.45) is 3.15. The molecule has 0 aliphatic heterocycles. The van der Waals surface area contributed by atoms with E-state index in [0.717, 1.165) is 30.4 Å². The molecule has 0 radical (unpaired) electrons. The topological polar surface area (TPSA) is 26.0 Å². The standard InChI is InChI=1S/C11H16FN/c1-2-3-4-9-7-11(12)6-5-10(9)8-13/h5-7H,2-4,8,13H2,1H3. The Balaban J connectivity index is 2.81. The maximum absolute atomic E-state index is 12.9. The van der Waals surface area contributed by atoms with Crippen molar-refractivity contribution >= 4 is 0 Å². The van der Waals surface area contributed by atoms with Crippen molar-refractivity contribution in [3.05, 3.63) is 35.1 Å². The van der Waals surface area contributed by atoms with Crippen molar-refractivity contribution < 1.29 is 4.39 Å². The van der Waals surface area contributed by atoms with Crippen LogP contribution in [-0.2, 0) is 13.0 Å². The largest absolute Gasteiger partial charge is 0.326 e. The second-order valence-electron chi connectivity index (χ2n) is 3.22. The number of halogens is 1. The van der Waals surface area contributed by atoms with Crippen molar-refractivity contribution in [1.29, 1.82) is 0 Å². The third kappa shape index (κ3) is 2.81. The zero-order chi connectivity index (χ0) is 9.68. The van der Waals surface area contributed by atoms with E-state index in [0.29, 0.717) is 6.54 Å². The van der Waals surface area contributed by atoms with E-state index >= 15 is 0 Å². The molecular weight excluding hydrogens is 165 g/mol. The summed E-state index contributed by atoms with van der Waals surface area (Å²) >= 11 is 0. The lowest BCUT2D eigenvalue weighted by Crippen LogP contribution is -2.02. The second-order valence-corrected chi connectivity index (χ2v) is 3.22. The number of rotatable bonds is 4. The van der Waals surface area contributed by atoms with Crippen LogP contribution in [0.25, 0.3) is 0 Å². The third-order valence-corrected chi connectivity index (χ3v) is 2.19. The van der Waals surface area contributed by atoms with Crippen molar-refractivity contribution in [2.45, 2.75) is 32.7 Å². The molecule has 0 aromatic heterocycles. The Labute approximate surface area is 78.8 Å². The first-order valence-corrected chi connectivity index (χ1v) is 4.75. The fraction of sp³-hybridized carbons (Fsp3) is 0.455. The first kappa shape index (κ1) is 10.2. The molecule has 2 heteroatoms. The average Bonchev–Trinajstić information content (AvgIpc) is 2.15. The molecule has 0 amide bonds. The van der Waals surface area contributed by atoms with Gasteiger partial charge in [-0.2, -0.15) is 0 Å². The number of nitrogens with two attached hydrogens (primary N) is 1. The van der Waals surface area contributed by atoms with E-state index in [2.05, 4.69) is 6.92 Å². The molecule has 1 aromatic rings. The van der Waals surface area contributed by atoms with Crippen molar-refractivity contribution in [3.63, 3.8) is 0 Å². The fourth-order valence-corrected chi connectivity index (χ4v) is 1.39. The minimum absolute atomic E-state index is 0.164. The molecule has 0 heterocycles. The molecular formula is C11H16FN. The number of benzene rings is 1. The van der Waals surface area contributed by atoms with Gasteiger partial charge in [-0.25, -0.2) is 4.39 Å². The van der Waals surface area contributed by atoms with Crippen molar-refractivity contribution in [2.24, 2.45) is 5.73 Å². The SMILES string of the molecule is CCCCc1cc(F)ccc1CN. The highest BCUT2D eigenvalue weighted by Gasteiger charge is 2.01. The normalized spacial score (nSPS) is 10.4. The van der Waals surface area contributed by atoms with Crippen LogP contribution in [0.15, 0.2) is 18.2 Å². The summed E-state index contributed by atoms with van der Waals surface area (Å²) in [7, 11) is 0. The van der Waals surface area contributed by atoms with Crippen molar-refractivity contribution in [1.82, 2.24) is 0 Å². The van der Waals surface area contributed by atoms with Gasteiger partial charge in [0.1, 0.15) is 5.82 Å². The van der Waals surface area contributed by atoms with Crippen LogP contribution in [0.4, 0.5) is 4.39 Å². The molecule has 0 fully saturated rings. The molecule has 1 aromatic carbocycles. The van der Waals surface area contributed by atoms with Crippen molar-refractivity contribution in [2.75, 3.05) is 0 Å². The number of hydrogen-bond acceptors (Lipinski definition) is 1. The molecule has 0 saturated heterocycles. The summed E-state index contributed by atoms with van der Waals surface area (Å²) in [5.74, 6) is -0.164. The molecule has 0 spiro atoms. The van der Waals surface area contributed by atoms with Crippen LogP contribution in [0.3, 0.4) is 0 Å². The minimum atomic E-state index is -0.164. The molecule has 13 heavy (non-hydrogen) atoms. The first-order chi connectivity index (χ1) is 6.27. The van der Waals surface area contributed by atoms with Crippen LogP contribution in [0.5, 0.6) is 0 Å². The number of unbranched alkanes of at least 4 members (excludes halogenated alkanes) is 1. The van der Waals surface area contributed by atoms with Crippen LogP contribution < -0.4 is 5.73 Å². The lowest BCUT2D eigenvalue weighted by molar-refractivity contribution is 0.622. The number of hydrogen-bond donors (Lipinski definition) is 1. The van der Waals surface area contributed by atoms with E-state index in [4.69, 9.17) is 5.73 Å². The molecule has 0 saturated carbocycles. The lowest BCUT2D eigenvalue weighted by Gasteiger charge is -2.06. The molecule has 1 nitrogen and oxygen atoms in total. The molecule has 0 aliphatic rings. The van der Waals surface area contributed by atoms with E-state index < -0.39 is 0 Å². The second kappa shape index (κ2) is 4.97. The van der Waals surface area contributed by atoms with Crippen LogP contribution in [0, 0.1) is 5.82 Å². The third-order valence-electron chi connectivity index (χ3n) is 2.19. The molecule has 0 aliphatic carbocycles. The Morgan fingerprint density at radius 2 is 2.08 bits per heavy atom. The Morgan fingerprint density at radius 1 is 1.31 bits per heavy atom. The fourth-order valence-electron chi connectivity index (χ4n) is 1.39. The highest BCUT2D eigenvalue weighted by Crippen LogP contribution is 2.13. The van der Waals surface area contributed by atoms with Gasteiger partial charge in [0.25, 0.3) is 0 Å². The summed E-state index contributed by atoms with van der Waals surface area (Å²) in [6, 6.07) is 4.84. The summed E-state index contributed by atoms with van der Waals surface area (Å²) < 4.78 is 12.9. The predicted octanol–water partition coefficient (Wildman–Crippen LogP) is 2.63. The predicted molar refractivity (Wildman–Crippen MR) is 52.9 cm³/mol. The summed E-state index contributed by atoms with van der Waals surface area (Å²) in [6.45, 7) is 2.63. The maximum Gasteiger partial charge on any atom is 0.123 e. The van der Waals surface area contributed by atoms with E-state index in [-0.39, 0.29) is 5.82 Å². The lowest BCUT2D eigenvalue weighted by atomic mass is 10.0. The Hall–Kier alpha value is -0.890. The average molecular weight is 181 g/mol. The van der Waals surface area contributed by atoms with E-state index in [1.807, 2.05) is 0 Å². The number of aryl methyl sites for hydroxylation is 1. The van der Waals surface area contributed by atoms with Gasteiger partial charge in [-0.3, -0.25) is 0 Å². The Morgan fingerprint density at radius 3 is 2.69 bits per heavy atom. The molecule has 1 rings (SSSR count). The van der Waals surface area contributed by atoms with E-state index in [9.17, 15) is 4.39 Å². The van der Waals surface area contributed by atoms with Gasteiger partial charge in [0, 0.05) is 6.54 Å². The maximum atomic E-state index is 12.9. The van der Waals surface area contributed by atoms with Crippen molar-refractivity contribution in [3.8, 4) is 0 Å². The minimum Gasteiger partial charge on any atom is -0.326 e. The summed E-state index contributed by atoms with van der Waals surface area (Å²) in [5.41, 5.74) is 7.67. The van der Waals surface area contributed by atoms with E-state index in [1.165, 1.54) is 6.07 Å². The zero-order valence-corrected chi connectivity index (χ0v) is 8.02. The molecule has 0 bridgehead atoms. The van der Waals surface area contributed by atoms with Gasteiger partial charge in [-0.05, 0) is 36.1 Å². The van der Waals surface area contributed by atoms with Crippen LogP contribution in [-0.4, -0.2) is 0 Å². The van der Waals surface area contributed by atoms with Gasteiger partial charge >= 0.3 is 0 Å². The highest BCUT2D eigenvalue weighted by atomic mass is 19.1. The van der Waals surface area contributed by atoms with Gasteiger partial charge in [-0.1, -0.05) is 19.4 Å². The zero-order valence-electron chi connectivity index (χ0n) is 8.02. The monoisotopic (exact) mass is 181 g/mol. The van der Waals surface area contributed by atoms with Gasteiger partial charge in [0.2, 0.25) is 0 Å². The quantitative estimate of drug-likeness (QED) is 0.759. The molecule has 72 valence electrons. The molecule has 0 unspecified atom stereocenters. The Kier molecular flexibility index (Phi) is 3.90. The van der Waals surface area contributed by atoms with Crippen LogP contribution in [0.2, 0.25) is 0 Å². The van der Waals surface area contributed by atoms with Gasteiger partial charge in [0.15, 0.2) is 0 Å². The van der Waals surface area contributed by atoms with E-state index in [1.54, 1.807) is 12.1 Å². The highest BCUT2D eigenvalue weighted by molar-refractivity contribution is 5.27. The van der Waals surface area contributed by atoms with Gasteiger partial charge in [-0.15, -0.1) is 0 Å². The summed E-state index contributed by atoms with van der Waals surface area (Å²) in [5, 5.41) is 0. The molecule has 2 N–H and O–H groups in total. The van der Waals surface area contributed by atoms with Crippen LogP contribution >= 0.6 is 0 Å². The van der Waals surface area contributed by atoms with Gasteiger partial charge in [0.05, 0.1) is 0 Å². The van der Waals surface area contributed by atoms with Crippen LogP contribution in [0.1, 0.15) is 30.9 Å². The smallest absolute Gasteiger partial charge is 0.123 e. The molecule has 0 atom stereocenters. The summed E-state index contributed by atoms with van der Waals surface area (Å²) in [4.78, 5) is 0. The Bertz CT molecular complexity index is 271. The van der Waals surface area contributed by atoms with Gasteiger partial charge < -0.3 is 5.73 Å².